The van der Waals surface area contributed by atoms with Crippen molar-refractivity contribution in [1.29, 1.82) is 0 Å². The molecule has 2 rings (SSSR count). The smallest absolute Gasteiger partial charge is 0.0228 e. The molecule has 0 spiro atoms. The molecule has 1 atom stereocenters. The Bertz CT molecular complexity index is 365. The van der Waals surface area contributed by atoms with Crippen LogP contribution in [-0.4, -0.2) is 0 Å². The van der Waals surface area contributed by atoms with Crippen LogP contribution in [0.5, 0.6) is 0 Å². The summed E-state index contributed by atoms with van der Waals surface area (Å²) in [6.07, 6.45) is 6.28. The highest BCUT2D eigenvalue weighted by molar-refractivity contribution is 5.66. The summed E-state index contributed by atoms with van der Waals surface area (Å²) in [5.41, 5.74) is 3.41. The second-order valence-corrected chi connectivity index (χ2v) is 5.93. The van der Waals surface area contributed by atoms with Crippen molar-refractivity contribution in [3.63, 3.8) is 0 Å². The van der Waals surface area contributed by atoms with Gasteiger partial charge in [-0.1, -0.05) is 57.2 Å². The summed E-state index contributed by atoms with van der Waals surface area (Å²) in [6.45, 7) is 7.08. The quantitative estimate of drug-likeness (QED) is 0.622. The molecule has 0 saturated heterocycles. The van der Waals surface area contributed by atoms with Gasteiger partial charge in [0.15, 0.2) is 0 Å². The molecule has 0 heteroatoms. The SMILES string of the molecule is CC(C)(C)[C@H]1CC=C(c2ccccc2)CC1. The molecule has 86 valence electrons. The number of hydrogen-bond donors (Lipinski definition) is 0. The fourth-order valence-corrected chi connectivity index (χ4v) is 2.54. The molecule has 1 aromatic carbocycles. The van der Waals surface area contributed by atoms with Gasteiger partial charge in [-0.25, -0.2) is 0 Å². The third-order valence-corrected chi connectivity index (χ3v) is 3.78. The third kappa shape index (κ3) is 2.55. The van der Waals surface area contributed by atoms with Crippen LogP contribution in [0.2, 0.25) is 0 Å². The van der Waals surface area contributed by atoms with Crippen LogP contribution in [0.25, 0.3) is 5.57 Å². The van der Waals surface area contributed by atoms with Gasteiger partial charge in [0.2, 0.25) is 0 Å². The zero-order valence-corrected chi connectivity index (χ0v) is 10.7. The Labute approximate surface area is 99.4 Å². The largest absolute Gasteiger partial charge is 0.0804 e. The van der Waals surface area contributed by atoms with Crippen LogP contribution in [0, 0.1) is 11.3 Å². The van der Waals surface area contributed by atoms with Crippen molar-refractivity contribution in [3.8, 4) is 0 Å². The van der Waals surface area contributed by atoms with Gasteiger partial charge in [-0.15, -0.1) is 0 Å². The predicted molar refractivity (Wildman–Crippen MR) is 71.2 cm³/mol. The predicted octanol–water partition coefficient (Wildman–Crippen LogP) is 4.92. The van der Waals surface area contributed by atoms with Gasteiger partial charge in [-0.2, -0.15) is 0 Å². The summed E-state index contributed by atoms with van der Waals surface area (Å²) in [7, 11) is 0. The Balaban J connectivity index is 2.10. The second kappa shape index (κ2) is 4.45. The molecule has 0 N–H and O–H groups in total. The van der Waals surface area contributed by atoms with E-state index in [1.807, 2.05) is 0 Å². The molecular weight excluding hydrogens is 192 g/mol. The molecule has 0 fully saturated rings. The fourth-order valence-electron chi connectivity index (χ4n) is 2.54. The van der Waals surface area contributed by atoms with Gasteiger partial charge in [-0.3, -0.25) is 0 Å². The van der Waals surface area contributed by atoms with E-state index in [0.29, 0.717) is 5.41 Å². The van der Waals surface area contributed by atoms with Crippen LogP contribution in [0.1, 0.15) is 45.6 Å². The first-order chi connectivity index (χ1) is 7.57. The third-order valence-electron chi connectivity index (χ3n) is 3.78. The summed E-state index contributed by atoms with van der Waals surface area (Å²) in [4.78, 5) is 0. The second-order valence-electron chi connectivity index (χ2n) is 5.93. The van der Waals surface area contributed by atoms with E-state index in [2.05, 4.69) is 57.2 Å². The van der Waals surface area contributed by atoms with Crippen molar-refractivity contribution in [1.82, 2.24) is 0 Å². The number of benzene rings is 1. The Kier molecular flexibility index (Phi) is 3.18. The van der Waals surface area contributed by atoms with Crippen LogP contribution in [-0.2, 0) is 0 Å². The van der Waals surface area contributed by atoms with Gasteiger partial charge in [-0.05, 0) is 41.7 Å². The number of hydrogen-bond acceptors (Lipinski definition) is 0. The van der Waals surface area contributed by atoms with E-state index in [1.165, 1.54) is 24.8 Å². The Hall–Kier alpha value is -1.04. The van der Waals surface area contributed by atoms with E-state index in [0.717, 1.165) is 5.92 Å². The lowest BCUT2D eigenvalue weighted by atomic mass is 9.72. The molecule has 1 aliphatic rings. The normalized spacial score (nSPS) is 21.7. The minimum absolute atomic E-state index is 0.457. The maximum atomic E-state index is 2.45. The van der Waals surface area contributed by atoms with Crippen LogP contribution >= 0.6 is 0 Å². The summed E-state index contributed by atoms with van der Waals surface area (Å²) >= 11 is 0. The molecule has 0 radical (unpaired) electrons. The van der Waals surface area contributed by atoms with Gasteiger partial charge in [0.1, 0.15) is 0 Å². The lowest BCUT2D eigenvalue weighted by Gasteiger charge is -2.33. The number of allylic oxidation sites excluding steroid dienone is 2. The molecule has 16 heavy (non-hydrogen) atoms. The van der Waals surface area contributed by atoms with Crippen LogP contribution in [0.3, 0.4) is 0 Å². The summed E-state index contributed by atoms with van der Waals surface area (Å²) < 4.78 is 0. The van der Waals surface area contributed by atoms with Crippen LogP contribution < -0.4 is 0 Å². The van der Waals surface area contributed by atoms with Gasteiger partial charge in [0.25, 0.3) is 0 Å². The summed E-state index contributed by atoms with van der Waals surface area (Å²) in [6, 6.07) is 10.8. The minimum atomic E-state index is 0.457. The van der Waals surface area contributed by atoms with E-state index < -0.39 is 0 Å². The molecule has 0 aliphatic heterocycles. The monoisotopic (exact) mass is 214 g/mol. The van der Waals surface area contributed by atoms with Crippen molar-refractivity contribution in [2.24, 2.45) is 11.3 Å². The summed E-state index contributed by atoms with van der Waals surface area (Å²) in [5, 5.41) is 0. The van der Waals surface area contributed by atoms with E-state index in [1.54, 1.807) is 5.57 Å². The van der Waals surface area contributed by atoms with Crippen LogP contribution in [0.15, 0.2) is 36.4 Å². The van der Waals surface area contributed by atoms with E-state index in [-0.39, 0.29) is 0 Å². The molecule has 1 aromatic rings. The zero-order valence-electron chi connectivity index (χ0n) is 10.7. The van der Waals surface area contributed by atoms with Crippen molar-refractivity contribution in [2.45, 2.75) is 40.0 Å². The molecule has 0 bridgehead atoms. The molecule has 0 saturated carbocycles. The molecule has 0 unspecified atom stereocenters. The lowest BCUT2D eigenvalue weighted by molar-refractivity contribution is 0.225. The highest BCUT2D eigenvalue weighted by Crippen LogP contribution is 2.39. The molecule has 0 heterocycles. The van der Waals surface area contributed by atoms with Crippen molar-refractivity contribution in [2.75, 3.05) is 0 Å². The summed E-state index contributed by atoms with van der Waals surface area (Å²) in [5.74, 6) is 0.847. The first-order valence-corrected chi connectivity index (χ1v) is 6.32. The average molecular weight is 214 g/mol. The van der Waals surface area contributed by atoms with Crippen LogP contribution in [0.4, 0.5) is 0 Å². The maximum Gasteiger partial charge on any atom is -0.0228 e. The standard InChI is InChI=1S/C16H22/c1-16(2,3)15-11-9-14(10-12-15)13-7-5-4-6-8-13/h4-9,15H,10-12H2,1-3H3/t15-/m0/s1. The maximum absolute atomic E-state index is 2.45. The average Bonchev–Trinajstić information content (AvgIpc) is 2.29. The Morgan fingerprint density at radius 2 is 1.75 bits per heavy atom. The lowest BCUT2D eigenvalue weighted by Crippen LogP contribution is -2.21. The van der Waals surface area contributed by atoms with E-state index >= 15 is 0 Å². The molecular formula is C16H22. The highest BCUT2D eigenvalue weighted by Gasteiger charge is 2.26. The highest BCUT2D eigenvalue weighted by atomic mass is 14.3. The van der Waals surface area contributed by atoms with Gasteiger partial charge < -0.3 is 0 Å². The van der Waals surface area contributed by atoms with E-state index in [4.69, 9.17) is 0 Å². The molecule has 0 amide bonds. The van der Waals surface area contributed by atoms with Crippen molar-refractivity contribution < 1.29 is 0 Å². The van der Waals surface area contributed by atoms with Gasteiger partial charge >= 0.3 is 0 Å². The topological polar surface area (TPSA) is 0 Å². The first kappa shape index (κ1) is 11.4. The number of rotatable bonds is 1. The molecule has 1 aliphatic carbocycles. The molecule has 0 aromatic heterocycles. The van der Waals surface area contributed by atoms with Crippen molar-refractivity contribution in [3.05, 3.63) is 42.0 Å². The van der Waals surface area contributed by atoms with Gasteiger partial charge in [0, 0.05) is 0 Å². The van der Waals surface area contributed by atoms with Crippen molar-refractivity contribution >= 4 is 5.57 Å². The zero-order chi connectivity index (χ0) is 11.6. The fraction of sp³-hybridized carbons (Fsp3) is 0.500. The first-order valence-electron chi connectivity index (χ1n) is 6.32. The minimum Gasteiger partial charge on any atom is -0.0804 e. The van der Waals surface area contributed by atoms with Gasteiger partial charge in [0.05, 0.1) is 0 Å². The molecule has 0 nitrogen and oxygen atoms in total. The van der Waals surface area contributed by atoms with E-state index in [9.17, 15) is 0 Å². The Morgan fingerprint density at radius 1 is 1.06 bits per heavy atom. The Morgan fingerprint density at radius 3 is 2.25 bits per heavy atom.